The van der Waals surface area contributed by atoms with Crippen LogP contribution in [-0.2, 0) is 0 Å². The molecule has 4 heteroatoms. The minimum Gasteiger partial charge on any atom is -0.464 e. The Morgan fingerprint density at radius 2 is 1.91 bits per heavy atom. The number of ether oxygens (including phenoxy) is 1. The average Bonchev–Trinajstić information content (AvgIpc) is 2.45. The van der Waals surface area contributed by atoms with Crippen LogP contribution >= 0.6 is 0 Å². The molecule has 0 radical (unpaired) electrons. The van der Waals surface area contributed by atoms with Crippen LogP contribution in [0.4, 0.5) is 0 Å². The Balaban J connectivity index is 2.34. The first-order valence-electron chi connectivity index (χ1n) is 8.67. The lowest BCUT2D eigenvalue weighted by molar-refractivity contribution is -0.0874. The molecule has 0 amide bonds. The Morgan fingerprint density at radius 3 is 2.59 bits per heavy atom. The summed E-state index contributed by atoms with van der Waals surface area (Å²) >= 11 is 0. The topological polar surface area (TPSA) is 62.3 Å². The lowest BCUT2D eigenvalue weighted by Gasteiger charge is -2.37. The Morgan fingerprint density at radius 1 is 1.18 bits per heavy atom. The highest BCUT2D eigenvalue weighted by Gasteiger charge is 2.38. The number of nitrogens with one attached hydrogen (secondary N) is 1. The number of aromatic nitrogens is 1. The first kappa shape index (κ1) is 17.1. The van der Waals surface area contributed by atoms with Crippen LogP contribution in [0, 0.1) is 12.8 Å². The van der Waals surface area contributed by atoms with E-state index in [-0.39, 0.29) is 17.4 Å². The number of aliphatic hydroxyl groups is 1. The third-order valence-electron chi connectivity index (χ3n) is 4.68. The number of aliphatic hydroxyl groups excluding tert-OH is 1. The van der Waals surface area contributed by atoms with E-state index in [1.54, 1.807) is 0 Å². The number of rotatable bonds is 7. The molecule has 124 valence electrons. The molecule has 1 aliphatic heterocycles. The van der Waals surface area contributed by atoms with Crippen molar-refractivity contribution in [3.05, 3.63) is 27.7 Å². The molecule has 2 N–H and O–H groups in total. The third kappa shape index (κ3) is 3.72. The molecule has 0 saturated carbocycles. The van der Waals surface area contributed by atoms with Crippen molar-refractivity contribution in [3.8, 4) is 5.75 Å². The molecular formula is C18H29NO3. The zero-order valence-corrected chi connectivity index (χ0v) is 14.0. The second kappa shape index (κ2) is 7.82. The van der Waals surface area contributed by atoms with E-state index in [2.05, 4.69) is 18.8 Å². The molecule has 1 aromatic heterocycles. The number of H-pyrrole nitrogens is 1. The minimum atomic E-state index is -0.799. The molecule has 0 fully saturated rings. The van der Waals surface area contributed by atoms with Gasteiger partial charge in [0.25, 0.3) is 5.56 Å². The van der Waals surface area contributed by atoms with Gasteiger partial charge in [0.1, 0.15) is 5.75 Å². The van der Waals surface area contributed by atoms with Crippen LogP contribution < -0.4 is 10.3 Å². The van der Waals surface area contributed by atoms with Crippen molar-refractivity contribution in [1.29, 1.82) is 0 Å². The van der Waals surface area contributed by atoms with Crippen LogP contribution in [0.15, 0.2) is 10.9 Å². The summed E-state index contributed by atoms with van der Waals surface area (Å²) in [6.07, 6.45) is 6.59. The van der Waals surface area contributed by atoms with E-state index in [0.29, 0.717) is 5.75 Å². The van der Waals surface area contributed by atoms with Gasteiger partial charge < -0.3 is 14.8 Å². The molecular weight excluding hydrogens is 278 g/mol. The van der Waals surface area contributed by atoms with Gasteiger partial charge in [-0.1, -0.05) is 46.0 Å². The van der Waals surface area contributed by atoms with E-state index in [1.165, 1.54) is 0 Å². The van der Waals surface area contributed by atoms with Crippen molar-refractivity contribution in [2.24, 2.45) is 5.92 Å². The van der Waals surface area contributed by atoms with Crippen LogP contribution in [0.1, 0.15) is 76.0 Å². The molecule has 2 rings (SSSR count). The van der Waals surface area contributed by atoms with Crippen molar-refractivity contribution >= 4 is 0 Å². The van der Waals surface area contributed by atoms with Gasteiger partial charge in [-0.3, -0.25) is 4.79 Å². The number of unbranched alkanes of at least 4 members (excludes halogenated alkanes) is 3. The van der Waals surface area contributed by atoms with Gasteiger partial charge in [0.2, 0.25) is 6.29 Å². The van der Waals surface area contributed by atoms with Crippen molar-refractivity contribution < 1.29 is 9.84 Å². The molecule has 3 atom stereocenters. The third-order valence-corrected chi connectivity index (χ3v) is 4.68. The molecule has 0 bridgehead atoms. The first-order chi connectivity index (χ1) is 10.6. The van der Waals surface area contributed by atoms with Gasteiger partial charge in [-0.25, -0.2) is 0 Å². The zero-order valence-electron chi connectivity index (χ0n) is 14.0. The quantitative estimate of drug-likeness (QED) is 0.752. The molecule has 1 aliphatic rings. The largest absolute Gasteiger partial charge is 0.464 e. The van der Waals surface area contributed by atoms with Crippen molar-refractivity contribution in [1.82, 2.24) is 4.98 Å². The number of aromatic amines is 1. The Hall–Kier alpha value is -1.29. The second-order valence-electron chi connectivity index (χ2n) is 6.48. The molecule has 0 spiro atoms. The van der Waals surface area contributed by atoms with E-state index in [9.17, 15) is 9.90 Å². The molecule has 22 heavy (non-hydrogen) atoms. The summed E-state index contributed by atoms with van der Waals surface area (Å²) in [6.45, 7) is 6.16. The SMILES string of the molecule is CCCCC[C@H]1c2c(cc(C)[nH]c2=O)O[C@H](O)[C@@H]1CCCC. The maximum absolute atomic E-state index is 12.4. The highest BCUT2D eigenvalue weighted by Crippen LogP contribution is 2.42. The molecule has 0 saturated heterocycles. The summed E-state index contributed by atoms with van der Waals surface area (Å²) in [5.41, 5.74) is 1.47. The number of fused-ring (bicyclic) bond motifs is 1. The fourth-order valence-electron chi connectivity index (χ4n) is 3.50. The molecule has 1 aromatic rings. The van der Waals surface area contributed by atoms with Gasteiger partial charge in [0, 0.05) is 17.5 Å². The lowest BCUT2D eigenvalue weighted by Crippen LogP contribution is -2.39. The van der Waals surface area contributed by atoms with E-state index in [0.717, 1.165) is 56.2 Å². The van der Waals surface area contributed by atoms with Gasteiger partial charge in [0.05, 0.1) is 5.56 Å². The maximum Gasteiger partial charge on any atom is 0.255 e. The number of aryl methyl sites for hydroxylation is 1. The smallest absolute Gasteiger partial charge is 0.255 e. The highest BCUT2D eigenvalue weighted by atomic mass is 16.6. The molecule has 0 aromatic carbocycles. The first-order valence-corrected chi connectivity index (χ1v) is 8.67. The molecule has 0 unspecified atom stereocenters. The normalized spacial score (nSPS) is 23.9. The minimum absolute atomic E-state index is 0.0214. The summed E-state index contributed by atoms with van der Waals surface area (Å²) in [6, 6.07) is 1.84. The number of pyridine rings is 1. The Labute approximate surface area is 132 Å². The van der Waals surface area contributed by atoms with Gasteiger partial charge in [-0.15, -0.1) is 0 Å². The monoisotopic (exact) mass is 307 g/mol. The maximum atomic E-state index is 12.4. The fourth-order valence-corrected chi connectivity index (χ4v) is 3.50. The van der Waals surface area contributed by atoms with Crippen molar-refractivity contribution in [3.63, 3.8) is 0 Å². The molecule has 2 heterocycles. The van der Waals surface area contributed by atoms with Crippen LogP contribution in [-0.4, -0.2) is 16.4 Å². The van der Waals surface area contributed by atoms with Gasteiger partial charge in [0.15, 0.2) is 0 Å². The van der Waals surface area contributed by atoms with E-state index >= 15 is 0 Å². The summed E-state index contributed by atoms with van der Waals surface area (Å²) < 4.78 is 5.68. The molecule has 0 aliphatic carbocycles. The second-order valence-corrected chi connectivity index (χ2v) is 6.48. The summed E-state index contributed by atoms with van der Waals surface area (Å²) in [7, 11) is 0. The van der Waals surface area contributed by atoms with Crippen LogP contribution in [0.2, 0.25) is 0 Å². The number of hydrogen-bond donors (Lipinski definition) is 2. The van der Waals surface area contributed by atoms with Crippen molar-refractivity contribution in [2.45, 2.75) is 77.9 Å². The van der Waals surface area contributed by atoms with Crippen LogP contribution in [0.3, 0.4) is 0 Å². The van der Waals surface area contributed by atoms with Gasteiger partial charge >= 0.3 is 0 Å². The predicted molar refractivity (Wildman–Crippen MR) is 88.3 cm³/mol. The standard InChI is InChI=1S/C18H29NO3/c1-4-6-8-10-13-14(9-7-5-2)18(21)22-15-11-12(3)19-17(20)16(13)15/h11,13-14,18,21H,4-10H2,1-3H3,(H,19,20)/t13-,14-,18+/m1/s1. The van der Waals surface area contributed by atoms with E-state index in [1.807, 2.05) is 13.0 Å². The highest BCUT2D eigenvalue weighted by molar-refractivity contribution is 5.38. The van der Waals surface area contributed by atoms with E-state index < -0.39 is 6.29 Å². The van der Waals surface area contributed by atoms with Gasteiger partial charge in [-0.2, -0.15) is 0 Å². The fraction of sp³-hybridized carbons (Fsp3) is 0.722. The van der Waals surface area contributed by atoms with Gasteiger partial charge in [-0.05, 0) is 25.8 Å². The lowest BCUT2D eigenvalue weighted by atomic mass is 9.77. The molecule has 4 nitrogen and oxygen atoms in total. The summed E-state index contributed by atoms with van der Waals surface area (Å²) in [4.78, 5) is 15.3. The predicted octanol–water partition coefficient (Wildman–Crippen LogP) is 3.86. The zero-order chi connectivity index (χ0) is 16.1. The Kier molecular flexibility index (Phi) is 6.07. The Bertz CT molecular complexity index is 538. The average molecular weight is 307 g/mol. The summed E-state index contributed by atoms with van der Waals surface area (Å²) in [5, 5.41) is 10.4. The number of hydrogen-bond acceptors (Lipinski definition) is 3. The van der Waals surface area contributed by atoms with Crippen LogP contribution in [0.25, 0.3) is 0 Å². The summed E-state index contributed by atoms with van der Waals surface area (Å²) in [5.74, 6) is 0.692. The van der Waals surface area contributed by atoms with Crippen LogP contribution in [0.5, 0.6) is 5.75 Å². The van der Waals surface area contributed by atoms with Crippen molar-refractivity contribution in [2.75, 3.05) is 0 Å². The van der Waals surface area contributed by atoms with E-state index in [4.69, 9.17) is 4.74 Å².